The molecule has 2 aromatic carbocycles. The predicted molar refractivity (Wildman–Crippen MR) is 106 cm³/mol. The van der Waals surface area contributed by atoms with Gasteiger partial charge in [0.15, 0.2) is 0 Å². The Morgan fingerprint density at radius 2 is 2.00 bits per heavy atom. The molecule has 2 unspecified atom stereocenters. The summed E-state index contributed by atoms with van der Waals surface area (Å²) < 4.78 is 0. The van der Waals surface area contributed by atoms with Gasteiger partial charge in [-0.1, -0.05) is 36.4 Å². The van der Waals surface area contributed by atoms with E-state index in [1.165, 1.54) is 51.5 Å². The average Bonchev–Trinajstić information content (AvgIpc) is 3.15. The van der Waals surface area contributed by atoms with Crippen LogP contribution < -0.4 is 0 Å². The zero-order valence-corrected chi connectivity index (χ0v) is 14.9. The van der Waals surface area contributed by atoms with Gasteiger partial charge in [-0.2, -0.15) is 0 Å². The smallest absolute Gasteiger partial charge is 0.0702 e. The second kappa shape index (κ2) is 5.18. The van der Waals surface area contributed by atoms with E-state index in [4.69, 9.17) is 0 Å². The molecule has 4 heterocycles. The number of nitrogens with zero attached hydrogens (tertiary/aromatic N) is 2. The Hall–Kier alpha value is -2.65. The highest BCUT2D eigenvalue weighted by atomic mass is 15.2. The predicted octanol–water partition coefficient (Wildman–Crippen LogP) is 5.07. The van der Waals surface area contributed by atoms with Crippen LogP contribution >= 0.6 is 0 Å². The number of aromatic nitrogens is 2. The average molecular weight is 339 g/mol. The number of nitrogens with one attached hydrogen (secondary N) is 1. The zero-order chi connectivity index (χ0) is 17.3. The summed E-state index contributed by atoms with van der Waals surface area (Å²) in [4.78, 5) is 11.1. The number of hydrogen-bond acceptors (Lipinski definition) is 2. The van der Waals surface area contributed by atoms with Crippen LogP contribution in [0, 0.1) is 0 Å². The third kappa shape index (κ3) is 1.89. The summed E-state index contributed by atoms with van der Waals surface area (Å²) in [6, 6.07) is 18.6. The molecule has 2 aliphatic heterocycles. The molecule has 3 nitrogen and oxygen atoms in total. The third-order valence-corrected chi connectivity index (χ3v) is 6.47. The quantitative estimate of drug-likeness (QED) is 0.525. The molecule has 0 amide bonds. The molecule has 0 saturated carbocycles. The molecule has 3 heteroatoms. The van der Waals surface area contributed by atoms with Crippen molar-refractivity contribution in [2.45, 2.75) is 31.3 Å². The van der Waals surface area contributed by atoms with Crippen molar-refractivity contribution < 1.29 is 0 Å². The number of para-hydroxylation sites is 2. The van der Waals surface area contributed by atoms with Crippen molar-refractivity contribution >= 4 is 21.8 Å². The molecule has 26 heavy (non-hydrogen) atoms. The first kappa shape index (κ1) is 14.5. The van der Waals surface area contributed by atoms with Crippen molar-refractivity contribution in [1.82, 2.24) is 14.9 Å². The molecule has 6 rings (SSSR count). The summed E-state index contributed by atoms with van der Waals surface area (Å²) in [5, 5.41) is 2.58. The molecule has 1 N–H and O–H groups in total. The van der Waals surface area contributed by atoms with Crippen LogP contribution in [0.15, 0.2) is 54.7 Å². The number of H-pyrrole nitrogens is 1. The highest BCUT2D eigenvalue weighted by Crippen LogP contribution is 2.46. The normalized spacial score (nSPS) is 22.2. The molecule has 4 aromatic rings. The van der Waals surface area contributed by atoms with E-state index in [9.17, 15) is 0 Å². The first-order chi connectivity index (χ1) is 12.8. The van der Waals surface area contributed by atoms with Crippen LogP contribution in [0.25, 0.3) is 32.9 Å². The summed E-state index contributed by atoms with van der Waals surface area (Å²) in [7, 11) is 2.29. The van der Waals surface area contributed by atoms with E-state index in [0.29, 0.717) is 12.1 Å². The Kier molecular flexibility index (Phi) is 2.89. The van der Waals surface area contributed by atoms with Gasteiger partial charge in [-0.15, -0.1) is 0 Å². The van der Waals surface area contributed by atoms with Gasteiger partial charge in [-0.05, 0) is 37.6 Å². The lowest BCUT2D eigenvalue weighted by Gasteiger charge is -2.31. The maximum atomic E-state index is 4.67. The van der Waals surface area contributed by atoms with Gasteiger partial charge in [0.2, 0.25) is 0 Å². The maximum absolute atomic E-state index is 4.67. The first-order valence-electron chi connectivity index (χ1n) is 9.50. The summed E-state index contributed by atoms with van der Waals surface area (Å²) in [5.41, 5.74) is 7.75. The fourth-order valence-corrected chi connectivity index (χ4v) is 5.13. The fourth-order valence-electron chi connectivity index (χ4n) is 5.13. The summed E-state index contributed by atoms with van der Waals surface area (Å²) >= 11 is 0. The summed E-state index contributed by atoms with van der Waals surface area (Å²) in [6.07, 6.45) is 5.75. The van der Waals surface area contributed by atoms with Crippen LogP contribution in [0.4, 0.5) is 0 Å². The van der Waals surface area contributed by atoms with Crippen molar-refractivity contribution in [3.05, 3.63) is 66.0 Å². The molecule has 2 aliphatic rings. The fraction of sp³-hybridized carbons (Fsp3) is 0.261. The molecule has 1 saturated heterocycles. The monoisotopic (exact) mass is 339 g/mol. The maximum Gasteiger partial charge on any atom is 0.0702 e. The minimum Gasteiger partial charge on any atom is -0.358 e. The second-order valence-electron chi connectivity index (χ2n) is 7.78. The lowest BCUT2D eigenvalue weighted by molar-refractivity contribution is 0.224. The van der Waals surface area contributed by atoms with Gasteiger partial charge in [0.1, 0.15) is 0 Å². The lowest BCUT2D eigenvalue weighted by Crippen LogP contribution is -2.33. The van der Waals surface area contributed by atoms with Gasteiger partial charge in [-0.3, -0.25) is 9.88 Å². The van der Waals surface area contributed by atoms with Crippen LogP contribution in [-0.4, -0.2) is 28.0 Å². The minimum atomic E-state index is 0.572. The number of pyridine rings is 1. The van der Waals surface area contributed by atoms with Gasteiger partial charge in [0.05, 0.1) is 11.0 Å². The van der Waals surface area contributed by atoms with E-state index in [1.807, 2.05) is 12.3 Å². The summed E-state index contributed by atoms with van der Waals surface area (Å²) in [6.45, 7) is 0. The lowest BCUT2D eigenvalue weighted by atomic mass is 9.96. The Morgan fingerprint density at radius 3 is 2.96 bits per heavy atom. The molecule has 2 atom stereocenters. The molecular formula is C23H21N3. The standard InChI is InChI=1S/C23H21N3/c1-26-16-9-10-21(26)22-18-7-4-6-17(23(18)25-20(22)12-16)15-11-14-5-2-3-8-19(14)24-13-15/h2-8,11,13,16,21,25H,9-10,12H2,1H3. The Balaban J connectivity index is 1.59. The number of fused-ring (bicyclic) bond motifs is 7. The molecule has 0 aliphatic carbocycles. The van der Waals surface area contributed by atoms with Gasteiger partial charge < -0.3 is 4.98 Å². The Labute approximate surface area is 152 Å². The van der Waals surface area contributed by atoms with Crippen molar-refractivity contribution in [3.63, 3.8) is 0 Å². The molecule has 0 spiro atoms. The van der Waals surface area contributed by atoms with Crippen molar-refractivity contribution in [2.24, 2.45) is 0 Å². The summed E-state index contributed by atoms with van der Waals surface area (Å²) in [5.74, 6) is 0. The number of hydrogen-bond donors (Lipinski definition) is 1. The molecule has 2 aromatic heterocycles. The number of likely N-dealkylation sites (N-methyl/N-ethyl adjacent to an activating group) is 1. The van der Waals surface area contributed by atoms with E-state index in [0.717, 1.165) is 11.9 Å². The van der Waals surface area contributed by atoms with Crippen molar-refractivity contribution in [2.75, 3.05) is 7.05 Å². The molecule has 0 radical (unpaired) electrons. The van der Waals surface area contributed by atoms with Gasteiger partial charge in [0, 0.05) is 52.3 Å². The Bertz CT molecular complexity index is 1160. The van der Waals surface area contributed by atoms with Crippen molar-refractivity contribution in [3.8, 4) is 11.1 Å². The van der Waals surface area contributed by atoms with Gasteiger partial charge in [-0.25, -0.2) is 0 Å². The number of benzene rings is 2. The topological polar surface area (TPSA) is 31.9 Å². The van der Waals surface area contributed by atoms with E-state index < -0.39 is 0 Å². The molecule has 1 fully saturated rings. The second-order valence-corrected chi connectivity index (χ2v) is 7.78. The van der Waals surface area contributed by atoms with Crippen LogP contribution in [0.2, 0.25) is 0 Å². The van der Waals surface area contributed by atoms with Crippen molar-refractivity contribution in [1.29, 1.82) is 0 Å². The van der Waals surface area contributed by atoms with Crippen LogP contribution in [-0.2, 0) is 6.42 Å². The SMILES string of the molecule is CN1C2CCC1c1c([nH]c3c(-c4cnc5ccccc5c4)cccc13)C2. The molecular weight excluding hydrogens is 318 g/mol. The Morgan fingerprint density at radius 1 is 1.08 bits per heavy atom. The van der Waals surface area contributed by atoms with E-state index in [2.05, 4.69) is 64.4 Å². The molecule has 2 bridgehead atoms. The van der Waals surface area contributed by atoms with Crippen LogP contribution in [0.5, 0.6) is 0 Å². The van der Waals surface area contributed by atoms with E-state index in [-0.39, 0.29) is 0 Å². The number of aromatic amines is 1. The largest absolute Gasteiger partial charge is 0.358 e. The number of rotatable bonds is 1. The molecule has 128 valence electrons. The van der Waals surface area contributed by atoms with Gasteiger partial charge >= 0.3 is 0 Å². The minimum absolute atomic E-state index is 0.572. The van der Waals surface area contributed by atoms with Gasteiger partial charge in [0.25, 0.3) is 0 Å². The van der Waals surface area contributed by atoms with E-state index >= 15 is 0 Å². The first-order valence-corrected chi connectivity index (χ1v) is 9.50. The van der Waals surface area contributed by atoms with E-state index in [1.54, 1.807) is 0 Å². The van der Waals surface area contributed by atoms with Crippen LogP contribution in [0.1, 0.15) is 30.1 Å². The highest BCUT2D eigenvalue weighted by Gasteiger charge is 2.39. The highest BCUT2D eigenvalue weighted by molar-refractivity contribution is 5.98. The van der Waals surface area contributed by atoms with Crippen LogP contribution in [0.3, 0.4) is 0 Å². The zero-order valence-electron chi connectivity index (χ0n) is 14.9. The third-order valence-electron chi connectivity index (χ3n) is 6.47.